The lowest BCUT2D eigenvalue weighted by Gasteiger charge is -2.08. The van der Waals surface area contributed by atoms with Crippen molar-refractivity contribution in [1.82, 2.24) is 0 Å². The number of ether oxygens (including phenoxy) is 1. The molecule has 0 bridgehead atoms. The van der Waals surface area contributed by atoms with Gasteiger partial charge in [-0.3, -0.25) is 4.18 Å². The molecule has 0 spiro atoms. The van der Waals surface area contributed by atoms with Crippen molar-refractivity contribution < 1.29 is 17.3 Å². The van der Waals surface area contributed by atoms with E-state index in [0.29, 0.717) is 11.4 Å². The van der Waals surface area contributed by atoms with E-state index in [1.807, 2.05) is 6.92 Å². The van der Waals surface area contributed by atoms with Crippen LogP contribution in [0.2, 0.25) is 0 Å². The fourth-order valence-corrected chi connectivity index (χ4v) is 2.57. The second-order valence-electron chi connectivity index (χ2n) is 4.51. The minimum atomic E-state index is -3.74. The Morgan fingerprint density at radius 2 is 1.76 bits per heavy atom. The Kier molecular flexibility index (Phi) is 4.82. The average molecular weight is 307 g/mol. The number of hydrogen-bond acceptors (Lipinski definition) is 5. The van der Waals surface area contributed by atoms with Crippen LogP contribution in [0.25, 0.3) is 0 Å². The molecule has 0 unspecified atom stereocenters. The first-order valence-electron chi connectivity index (χ1n) is 6.42. The Morgan fingerprint density at radius 3 is 2.43 bits per heavy atom. The van der Waals surface area contributed by atoms with Gasteiger partial charge >= 0.3 is 0 Å². The summed E-state index contributed by atoms with van der Waals surface area (Å²) in [7, 11) is -3.74. The van der Waals surface area contributed by atoms with Crippen LogP contribution in [0, 0.1) is 6.92 Å². The van der Waals surface area contributed by atoms with Gasteiger partial charge in [0.15, 0.2) is 0 Å². The smallest absolute Gasteiger partial charge is 0.297 e. The molecule has 0 saturated carbocycles. The van der Waals surface area contributed by atoms with Gasteiger partial charge in [0.25, 0.3) is 10.1 Å². The van der Waals surface area contributed by atoms with Crippen molar-refractivity contribution in [3.63, 3.8) is 0 Å². The second-order valence-corrected chi connectivity index (χ2v) is 6.13. The zero-order valence-corrected chi connectivity index (χ0v) is 12.5. The van der Waals surface area contributed by atoms with Gasteiger partial charge in [-0.25, -0.2) is 0 Å². The largest absolute Gasteiger partial charge is 0.491 e. The van der Waals surface area contributed by atoms with E-state index in [9.17, 15) is 8.42 Å². The van der Waals surface area contributed by atoms with E-state index < -0.39 is 10.1 Å². The minimum absolute atomic E-state index is 0.0645. The zero-order valence-electron chi connectivity index (χ0n) is 11.7. The van der Waals surface area contributed by atoms with Crippen molar-refractivity contribution in [2.45, 2.75) is 11.8 Å². The van der Waals surface area contributed by atoms with Gasteiger partial charge in [-0.05, 0) is 31.2 Å². The minimum Gasteiger partial charge on any atom is -0.491 e. The van der Waals surface area contributed by atoms with Crippen LogP contribution in [-0.4, -0.2) is 21.6 Å². The Morgan fingerprint density at radius 1 is 1.05 bits per heavy atom. The van der Waals surface area contributed by atoms with Gasteiger partial charge in [0.2, 0.25) is 0 Å². The summed E-state index contributed by atoms with van der Waals surface area (Å²) >= 11 is 0. The van der Waals surface area contributed by atoms with E-state index in [4.69, 9.17) is 14.7 Å². The maximum Gasteiger partial charge on any atom is 0.297 e. The summed E-state index contributed by atoms with van der Waals surface area (Å²) in [5.41, 5.74) is 7.18. The predicted octanol–water partition coefficient (Wildman–Crippen LogP) is 2.36. The van der Waals surface area contributed by atoms with E-state index in [-0.39, 0.29) is 18.1 Å². The van der Waals surface area contributed by atoms with Gasteiger partial charge in [0, 0.05) is 11.8 Å². The average Bonchev–Trinajstić information content (AvgIpc) is 2.44. The highest BCUT2D eigenvalue weighted by molar-refractivity contribution is 7.86. The Bertz CT molecular complexity index is 696. The van der Waals surface area contributed by atoms with Crippen LogP contribution in [0.15, 0.2) is 53.4 Å². The van der Waals surface area contributed by atoms with Crippen LogP contribution in [0.3, 0.4) is 0 Å². The molecule has 0 heterocycles. The summed E-state index contributed by atoms with van der Waals surface area (Å²) < 4.78 is 34.1. The molecular weight excluding hydrogens is 290 g/mol. The Labute approximate surface area is 124 Å². The van der Waals surface area contributed by atoms with Crippen molar-refractivity contribution in [2.75, 3.05) is 18.9 Å². The molecule has 0 amide bonds. The third-order valence-corrected chi connectivity index (χ3v) is 4.08. The molecule has 0 fully saturated rings. The van der Waals surface area contributed by atoms with Crippen LogP contribution >= 0.6 is 0 Å². The van der Waals surface area contributed by atoms with Crippen molar-refractivity contribution in [2.24, 2.45) is 0 Å². The predicted molar refractivity (Wildman–Crippen MR) is 80.7 cm³/mol. The SMILES string of the molecule is Cc1ccc(S(=O)(=O)OCCOc2cccc(N)c2)cc1. The quantitative estimate of drug-likeness (QED) is 0.503. The van der Waals surface area contributed by atoms with E-state index in [2.05, 4.69) is 0 Å². The first-order chi connectivity index (χ1) is 9.97. The molecule has 112 valence electrons. The maximum absolute atomic E-state index is 11.9. The molecule has 2 aromatic carbocycles. The van der Waals surface area contributed by atoms with Gasteiger partial charge in [-0.15, -0.1) is 0 Å². The lowest BCUT2D eigenvalue weighted by molar-refractivity contribution is 0.221. The van der Waals surface area contributed by atoms with Crippen molar-refractivity contribution >= 4 is 15.8 Å². The summed E-state index contributed by atoms with van der Waals surface area (Å²) in [6.45, 7) is 1.94. The lowest BCUT2D eigenvalue weighted by atomic mass is 10.2. The van der Waals surface area contributed by atoms with Crippen LogP contribution in [0.1, 0.15) is 5.56 Å². The number of nitrogens with two attached hydrogens (primary N) is 1. The highest BCUT2D eigenvalue weighted by Crippen LogP contribution is 2.15. The van der Waals surface area contributed by atoms with Gasteiger partial charge in [-0.1, -0.05) is 23.8 Å². The molecular formula is C15H17NO4S. The van der Waals surface area contributed by atoms with Crippen LogP contribution in [0.4, 0.5) is 5.69 Å². The molecule has 5 nitrogen and oxygen atoms in total. The number of benzene rings is 2. The molecule has 0 radical (unpaired) electrons. The number of aryl methyl sites for hydroxylation is 1. The summed E-state index contributed by atoms with van der Waals surface area (Å²) in [6.07, 6.45) is 0. The van der Waals surface area contributed by atoms with E-state index in [0.717, 1.165) is 5.56 Å². The maximum atomic E-state index is 11.9. The summed E-state index contributed by atoms with van der Waals surface area (Å²) in [6, 6.07) is 13.4. The fourth-order valence-electron chi connectivity index (χ4n) is 1.68. The monoisotopic (exact) mass is 307 g/mol. The zero-order chi connectivity index (χ0) is 15.3. The molecule has 0 saturated heterocycles. The van der Waals surface area contributed by atoms with E-state index in [1.165, 1.54) is 12.1 Å². The molecule has 2 N–H and O–H groups in total. The number of nitrogen functional groups attached to an aromatic ring is 1. The molecule has 2 rings (SSSR count). The molecule has 0 aromatic heterocycles. The highest BCUT2D eigenvalue weighted by atomic mass is 32.2. The molecule has 21 heavy (non-hydrogen) atoms. The van der Waals surface area contributed by atoms with E-state index >= 15 is 0 Å². The Hall–Kier alpha value is -2.05. The van der Waals surface area contributed by atoms with Gasteiger partial charge in [0.1, 0.15) is 19.0 Å². The first-order valence-corrected chi connectivity index (χ1v) is 7.83. The molecule has 0 atom stereocenters. The fraction of sp³-hybridized carbons (Fsp3) is 0.200. The van der Waals surface area contributed by atoms with Crippen molar-refractivity contribution in [1.29, 1.82) is 0 Å². The van der Waals surface area contributed by atoms with Crippen LogP contribution < -0.4 is 10.5 Å². The van der Waals surface area contributed by atoms with Crippen LogP contribution in [-0.2, 0) is 14.3 Å². The number of rotatable bonds is 6. The summed E-state index contributed by atoms with van der Waals surface area (Å²) in [4.78, 5) is 0.136. The highest BCUT2D eigenvalue weighted by Gasteiger charge is 2.14. The molecule has 2 aromatic rings. The van der Waals surface area contributed by atoms with Gasteiger partial charge in [0.05, 0.1) is 4.90 Å². The number of anilines is 1. The van der Waals surface area contributed by atoms with Gasteiger partial charge in [-0.2, -0.15) is 8.42 Å². The van der Waals surface area contributed by atoms with E-state index in [1.54, 1.807) is 36.4 Å². The first kappa shape index (κ1) is 15.3. The molecule has 6 heteroatoms. The molecule has 0 aliphatic carbocycles. The molecule has 0 aliphatic rings. The Balaban J connectivity index is 1.86. The third kappa shape index (κ3) is 4.47. The molecule has 0 aliphatic heterocycles. The third-order valence-electron chi connectivity index (χ3n) is 2.76. The van der Waals surface area contributed by atoms with Crippen LogP contribution in [0.5, 0.6) is 5.75 Å². The van der Waals surface area contributed by atoms with Gasteiger partial charge < -0.3 is 10.5 Å². The summed E-state index contributed by atoms with van der Waals surface area (Å²) in [5.74, 6) is 0.575. The second kappa shape index (κ2) is 6.60. The normalized spacial score (nSPS) is 11.3. The summed E-state index contributed by atoms with van der Waals surface area (Å²) in [5, 5.41) is 0. The lowest BCUT2D eigenvalue weighted by Crippen LogP contribution is -2.13. The van der Waals surface area contributed by atoms with Crippen molar-refractivity contribution in [3.8, 4) is 5.75 Å². The topological polar surface area (TPSA) is 78.6 Å². The van der Waals surface area contributed by atoms with Crippen molar-refractivity contribution in [3.05, 3.63) is 54.1 Å². The standard InChI is InChI=1S/C15H17NO4S/c1-12-5-7-15(8-6-12)21(17,18)20-10-9-19-14-4-2-3-13(16)11-14/h2-8,11H,9-10,16H2,1H3. The number of hydrogen-bond donors (Lipinski definition) is 1.